The zero-order valence-corrected chi connectivity index (χ0v) is 19.2. The van der Waals surface area contributed by atoms with Gasteiger partial charge in [-0.15, -0.1) is 24.2 Å². The van der Waals surface area contributed by atoms with Crippen molar-refractivity contribution in [2.24, 2.45) is 0 Å². The average molecular weight is 456 g/mol. The van der Waals surface area contributed by atoms with E-state index in [1.165, 1.54) is 17.3 Å². The number of likely N-dealkylation sites (N-methyl/N-ethyl adjacent to an activating group) is 1. The molecule has 28 heavy (non-hydrogen) atoms. The zero-order valence-electron chi connectivity index (χ0n) is 16.0. The van der Waals surface area contributed by atoms with Gasteiger partial charge in [-0.1, -0.05) is 29.0 Å². The van der Waals surface area contributed by atoms with Crippen molar-refractivity contribution in [2.45, 2.75) is 11.8 Å². The number of nitrogens with zero attached hydrogens (tertiary/aromatic N) is 3. The zero-order chi connectivity index (χ0) is 19.4. The van der Waals surface area contributed by atoms with Crippen LogP contribution in [0.4, 0.5) is 5.13 Å². The molecule has 0 fully saturated rings. The minimum atomic E-state index is 0. The third kappa shape index (κ3) is 6.09. The molecule has 0 saturated heterocycles. The highest BCUT2D eigenvalue weighted by Gasteiger charge is 2.20. The number of rotatable bonds is 7. The van der Waals surface area contributed by atoms with Gasteiger partial charge in [0.05, 0.1) is 16.0 Å². The average Bonchev–Trinajstić information content (AvgIpc) is 3.03. The molecule has 3 aromatic rings. The summed E-state index contributed by atoms with van der Waals surface area (Å²) >= 11 is 9.02. The van der Waals surface area contributed by atoms with Crippen LogP contribution in [0.25, 0.3) is 10.2 Å². The molecule has 0 aliphatic rings. The van der Waals surface area contributed by atoms with Crippen molar-refractivity contribution in [3.8, 4) is 0 Å². The van der Waals surface area contributed by atoms with Gasteiger partial charge in [0.2, 0.25) is 5.91 Å². The van der Waals surface area contributed by atoms with E-state index in [0.29, 0.717) is 17.3 Å². The van der Waals surface area contributed by atoms with Gasteiger partial charge in [0.1, 0.15) is 0 Å². The van der Waals surface area contributed by atoms with Crippen molar-refractivity contribution in [3.63, 3.8) is 0 Å². The fraction of sp³-hybridized carbons (Fsp3) is 0.300. The molecule has 1 amide bonds. The molecule has 0 N–H and O–H groups in total. The molecular formula is C20H23Cl2N3OS2. The lowest BCUT2D eigenvalue weighted by molar-refractivity contribution is -0.116. The molecule has 0 unspecified atom stereocenters. The monoisotopic (exact) mass is 455 g/mol. The molecule has 4 nitrogen and oxygen atoms in total. The number of hydrogen-bond donors (Lipinski definition) is 0. The molecule has 0 radical (unpaired) electrons. The Morgan fingerprint density at radius 1 is 1.14 bits per heavy atom. The number of carbonyl (C=O) groups is 1. The second-order valence-electron chi connectivity index (χ2n) is 6.56. The van der Waals surface area contributed by atoms with E-state index in [4.69, 9.17) is 16.6 Å². The third-order valence-electron chi connectivity index (χ3n) is 4.01. The van der Waals surface area contributed by atoms with Crippen LogP contribution in [0.1, 0.15) is 5.56 Å². The Labute approximate surface area is 185 Å². The second kappa shape index (κ2) is 10.5. The van der Waals surface area contributed by atoms with Crippen LogP contribution in [-0.4, -0.2) is 48.7 Å². The summed E-state index contributed by atoms with van der Waals surface area (Å²) in [5, 5.41) is 1.46. The summed E-state index contributed by atoms with van der Waals surface area (Å²) in [6.45, 7) is 3.47. The third-order valence-corrected chi connectivity index (χ3v) is 6.30. The first-order valence-electron chi connectivity index (χ1n) is 8.63. The first-order valence-corrected chi connectivity index (χ1v) is 10.8. The number of aromatic nitrogens is 1. The van der Waals surface area contributed by atoms with Gasteiger partial charge in [-0.25, -0.2) is 4.98 Å². The van der Waals surface area contributed by atoms with Gasteiger partial charge in [0.15, 0.2) is 5.13 Å². The van der Waals surface area contributed by atoms with Gasteiger partial charge in [0.25, 0.3) is 0 Å². The Morgan fingerprint density at radius 2 is 1.86 bits per heavy atom. The second-order valence-corrected chi connectivity index (χ2v) is 9.05. The number of fused-ring (bicyclic) bond motifs is 1. The highest BCUT2D eigenvalue weighted by Crippen LogP contribution is 2.30. The molecule has 3 rings (SSSR count). The van der Waals surface area contributed by atoms with E-state index >= 15 is 0 Å². The standard InChI is InChI=1S/C20H22ClN3OS2.ClH/c1-14-4-9-17-18(12-14)27-20(22-17)24(11-10-23(2)3)19(25)13-26-16-7-5-15(21)6-8-16;/h4-9,12H,10-11,13H2,1-3H3;1H. The number of carbonyl (C=O) groups excluding carboxylic acids is 1. The van der Waals surface area contributed by atoms with E-state index in [2.05, 4.69) is 17.9 Å². The fourth-order valence-electron chi connectivity index (χ4n) is 2.52. The van der Waals surface area contributed by atoms with Crippen molar-refractivity contribution in [2.75, 3.05) is 37.8 Å². The van der Waals surface area contributed by atoms with Crippen molar-refractivity contribution in [1.29, 1.82) is 0 Å². The quantitative estimate of drug-likeness (QED) is 0.448. The predicted octanol–water partition coefficient (Wildman–Crippen LogP) is 5.37. The van der Waals surface area contributed by atoms with Gasteiger partial charge in [-0.3, -0.25) is 9.69 Å². The first-order chi connectivity index (χ1) is 12.9. The van der Waals surface area contributed by atoms with Crippen LogP contribution in [0.15, 0.2) is 47.4 Å². The first kappa shape index (κ1) is 23.0. The van der Waals surface area contributed by atoms with Crippen LogP contribution in [0, 0.1) is 6.92 Å². The lowest BCUT2D eigenvalue weighted by Gasteiger charge is -2.21. The summed E-state index contributed by atoms with van der Waals surface area (Å²) in [6, 6.07) is 13.7. The summed E-state index contributed by atoms with van der Waals surface area (Å²) in [4.78, 5) is 22.6. The number of halogens is 2. The van der Waals surface area contributed by atoms with E-state index in [-0.39, 0.29) is 18.3 Å². The van der Waals surface area contributed by atoms with Crippen LogP contribution >= 0.6 is 47.1 Å². The Morgan fingerprint density at radius 3 is 2.54 bits per heavy atom. The summed E-state index contributed by atoms with van der Waals surface area (Å²) in [7, 11) is 4.01. The van der Waals surface area contributed by atoms with Crippen molar-refractivity contribution >= 4 is 68.4 Å². The van der Waals surface area contributed by atoms with Crippen LogP contribution in [0.3, 0.4) is 0 Å². The molecule has 8 heteroatoms. The molecule has 0 aliphatic carbocycles. The van der Waals surface area contributed by atoms with Crippen LogP contribution in [-0.2, 0) is 4.79 Å². The SMILES string of the molecule is Cc1ccc2nc(N(CCN(C)C)C(=O)CSc3ccc(Cl)cc3)sc2c1.Cl. The Hall–Kier alpha value is -1.31. The molecule has 0 spiro atoms. The number of amides is 1. The van der Waals surface area contributed by atoms with E-state index in [0.717, 1.165) is 26.8 Å². The summed E-state index contributed by atoms with van der Waals surface area (Å²) in [5.41, 5.74) is 2.13. The van der Waals surface area contributed by atoms with E-state index in [1.54, 1.807) is 11.3 Å². The number of thioether (sulfide) groups is 1. The van der Waals surface area contributed by atoms with Gasteiger partial charge in [0, 0.05) is 23.0 Å². The van der Waals surface area contributed by atoms with Crippen LogP contribution in [0.2, 0.25) is 5.02 Å². The summed E-state index contributed by atoms with van der Waals surface area (Å²) < 4.78 is 1.11. The number of thiazole rings is 1. The van der Waals surface area contributed by atoms with Gasteiger partial charge >= 0.3 is 0 Å². The molecule has 0 bridgehead atoms. The van der Waals surface area contributed by atoms with Gasteiger partial charge in [-0.2, -0.15) is 0 Å². The normalized spacial score (nSPS) is 10.9. The highest BCUT2D eigenvalue weighted by molar-refractivity contribution is 8.00. The summed E-state index contributed by atoms with van der Waals surface area (Å²) in [5.74, 6) is 0.428. The fourth-order valence-corrected chi connectivity index (χ4v) is 4.52. The van der Waals surface area contributed by atoms with Gasteiger partial charge < -0.3 is 4.90 Å². The van der Waals surface area contributed by atoms with Gasteiger partial charge in [-0.05, 0) is 63.0 Å². The Balaban J connectivity index is 0.00000280. The molecule has 0 saturated carbocycles. The highest BCUT2D eigenvalue weighted by atomic mass is 35.5. The number of aryl methyl sites for hydroxylation is 1. The van der Waals surface area contributed by atoms with E-state index < -0.39 is 0 Å². The molecule has 1 aromatic heterocycles. The minimum Gasteiger partial charge on any atom is -0.308 e. The van der Waals surface area contributed by atoms with E-state index in [9.17, 15) is 4.79 Å². The predicted molar refractivity (Wildman–Crippen MR) is 125 cm³/mol. The number of hydrogen-bond acceptors (Lipinski definition) is 5. The molecule has 2 aromatic carbocycles. The Kier molecular flexibility index (Phi) is 8.58. The van der Waals surface area contributed by atoms with Crippen LogP contribution < -0.4 is 4.90 Å². The smallest absolute Gasteiger partial charge is 0.239 e. The molecular weight excluding hydrogens is 433 g/mol. The molecule has 150 valence electrons. The molecule has 0 atom stereocenters. The van der Waals surface area contributed by atoms with E-state index in [1.807, 2.05) is 55.4 Å². The maximum absolute atomic E-state index is 13.0. The molecule has 1 heterocycles. The maximum Gasteiger partial charge on any atom is 0.239 e. The van der Waals surface area contributed by atoms with Crippen molar-refractivity contribution in [3.05, 3.63) is 53.1 Å². The molecule has 0 aliphatic heterocycles. The number of benzene rings is 2. The topological polar surface area (TPSA) is 36.4 Å². The Bertz CT molecular complexity index is 929. The maximum atomic E-state index is 13.0. The van der Waals surface area contributed by atoms with Crippen molar-refractivity contribution < 1.29 is 4.79 Å². The van der Waals surface area contributed by atoms with Crippen molar-refractivity contribution in [1.82, 2.24) is 9.88 Å². The number of anilines is 1. The lowest BCUT2D eigenvalue weighted by Crippen LogP contribution is -2.37. The largest absolute Gasteiger partial charge is 0.308 e. The summed E-state index contributed by atoms with van der Waals surface area (Å²) in [6.07, 6.45) is 0. The minimum absolute atomic E-state index is 0. The van der Waals surface area contributed by atoms with Crippen LogP contribution in [0.5, 0.6) is 0 Å². The lowest BCUT2D eigenvalue weighted by atomic mass is 10.2.